The first-order valence-electron chi connectivity index (χ1n) is 6.01. The quantitative estimate of drug-likeness (QED) is 0.691. The van der Waals surface area contributed by atoms with Crippen molar-refractivity contribution in [3.05, 3.63) is 22.9 Å². The Bertz CT molecular complexity index is 304. The zero-order chi connectivity index (χ0) is 11.8. The van der Waals surface area contributed by atoms with Crippen molar-refractivity contribution in [2.45, 2.75) is 39.5 Å². The third kappa shape index (κ3) is 4.52. The minimum Gasteiger partial charge on any atom is -0.490 e. The maximum atomic E-state index is 5.78. The largest absolute Gasteiger partial charge is 0.490 e. The van der Waals surface area contributed by atoms with Gasteiger partial charge in [0, 0.05) is 6.20 Å². The summed E-state index contributed by atoms with van der Waals surface area (Å²) in [6.45, 7) is 5.24. The Morgan fingerprint density at radius 3 is 2.88 bits per heavy atom. The molecule has 0 radical (unpaired) electrons. The van der Waals surface area contributed by atoms with Crippen molar-refractivity contribution < 1.29 is 4.74 Å². The number of hydrogen-bond donors (Lipinski definition) is 0. The molecule has 0 amide bonds. The first-order valence-corrected chi connectivity index (χ1v) is 6.80. The molecule has 90 valence electrons. The average Bonchev–Trinajstić information content (AvgIpc) is 2.31. The highest BCUT2D eigenvalue weighted by Gasteiger charge is 2.08. The molecule has 1 heterocycles. The van der Waals surface area contributed by atoms with Crippen molar-refractivity contribution in [1.29, 1.82) is 0 Å². The van der Waals surface area contributed by atoms with E-state index in [1.807, 2.05) is 12.1 Å². The molecule has 0 saturated heterocycles. The summed E-state index contributed by atoms with van der Waals surface area (Å²) in [4.78, 5) is 4.14. The molecule has 0 aliphatic carbocycles. The summed E-state index contributed by atoms with van der Waals surface area (Å²) < 4.78 is 6.57. The van der Waals surface area contributed by atoms with Crippen LogP contribution in [0.25, 0.3) is 0 Å². The molecule has 0 bridgehead atoms. The average molecular weight is 286 g/mol. The van der Waals surface area contributed by atoms with Crippen molar-refractivity contribution in [3.8, 4) is 5.75 Å². The molecule has 1 aromatic heterocycles. The van der Waals surface area contributed by atoms with Gasteiger partial charge in [-0.25, -0.2) is 4.98 Å². The number of ether oxygens (including phenoxy) is 1. The third-order valence-corrected chi connectivity index (χ3v) is 3.34. The number of unbranched alkanes of at least 4 members (excludes halogenated alkanes) is 1. The number of rotatable bonds is 7. The van der Waals surface area contributed by atoms with E-state index in [2.05, 4.69) is 34.8 Å². The zero-order valence-electron chi connectivity index (χ0n) is 10.1. The van der Waals surface area contributed by atoms with Gasteiger partial charge in [0.25, 0.3) is 0 Å². The molecule has 1 atom stereocenters. The van der Waals surface area contributed by atoms with E-state index in [-0.39, 0.29) is 0 Å². The van der Waals surface area contributed by atoms with Crippen LogP contribution in [0.1, 0.15) is 39.5 Å². The van der Waals surface area contributed by atoms with Gasteiger partial charge in [-0.05, 0) is 40.4 Å². The van der Waals surface area contributed by atoms with Crippen LogP contribution in [0, 0.1) is 5.92 Å². The molecule has 16 heavy (non-hydrogen) atoms. The van der Waals surface area contributed by atoms with Crippen LogP contribution in [0.15, 0.2) is 22.9 Å². The molecule has 0 saturated carbocycles. The van der Waals surface area contributed by atoms with Gasteiger partial charge in [0.05, 0.1) is 6.61 Å². The number of aromatic nitrogens is 1. The second-order valence-corrected chi connectivity index (χ2v) is 4.77. The maximum Gasteiger partial charge on any atom is 0.152 e. The van der Waals surface area contributed by atoms with Crippen molar-refractivity contribution in [1.82, 2.24) is 4.98 Å². The van der Waals surface area contributed by atoms with Gasteiger partial charge < -0.3 is 4.74 Å². The van der Waals surface area contributed by atoms with Crippen LogP contribution in [0.3, 0.4) is 0 Å². The van der Waals surface area contributed by atoms with Gasteiger partial charge in [-0.3, -0.25) is 0 Å². The summed E-state index contributed by atoms with van der Waals surface area (Å²) in [5.41, 5.74) is 0. The van der Waals surface area contributed by atoms with Crippen molar-refractivity contribution in [2.24, 2.45) is 5.92 Å². The fourth-order valence-electron chi connectivity index (χ4n) is 1.58. The summed E-state index contributed by atoms with van der Waals surface area (Å²) in [6, 6.07) is 3.84. The van der Waals surface area contributed by atoms with E-state index >= 15 is 0 Å². The zero-order valence-corrected chi connectivity index (χ0v) is 11.7. The highest BCUT2D eigenvalue weighted by atomic mass is 79.9. The predicted octanol–water partition coefficient (Wildman–Crippen LogP) is 4.44. The van der Waals surface area contributed by atoms with Crippen LogP contribution in [-0.2, 0) is 0 Å². The Morgan fingerprint density at radius 1 is 1.44 bits per heavy atom. The summed E-state index contributed by atoms with van der Waals surface area (Å²) in [5.74, 6) is 1.50. The molecule has 0 fully saturated rings. The highest BCUT2D eigenvalue weighted by Crippen LogP contribution is 2.23. The molecule has 0 spiro atoms. The van der Waals surface area contributed by atoms with Crippen molar-refractivity contribution in [2.75, 3.05) is 6.61 Å². The molecule has 0 N–H and O–H groups in total. The molecule has 2 nitrogen and oxygen atoms in total. The first-order chi connectivity index (χ1) is 7.77. The summed E-state index contributed by atoms with van der Waals surface area (Å²) in [5, 5.41) is 0. The lowest BCUT2D eigenvalue weighted by Gasteiger charge is -2.15. The Morgan fingerprint density at radius 2 is 2.25 bits per heavy atom. The molecule has 0 aliphatic heterocycles. The molecular formula is C13H20BrNO. The smallest absolute Gasteiger partial charge is 0.152 e. The van der Waals surface area contributed by atoms with E-state index in [9.17, 15) is 0 Å². The van der Waals surface area contributed by atoms with E-state index in [1.54, 1.807) is 6.20 Å². The number of hydrogen-bond acceptors (Lipinski definition) is 2. The van der Waals surface area contributed by atoms with Gasteiger partial charge >= 0.3 is 0 Å². The minimum atomic E-state index is 0.659. The molecule has 1 unspecified atom stereocenters. The van der Waals surface area contributed by atoms with Crippen LogP contribution in [0.4, 0.5) is 0 Å². The van der Waals surface area contributed by atoms with E-state index in [1.165, 1.54) is 25.7 Å². The Balaban J connectivity index is 2.40. The number of pyridine rings is 1. The van der Waals surface area contributed by atoms with E-state index < -0.39 is 0 Å². The maximum absolute atomic E-state index is 5.78. The number of nitrogens with zero attached hydrogens (tertiary/aromatic N) is 1. The van der Waals surface area contributed by atoms with Gasteiger partial charge in [0.2, 0.25) is 0 Å². The second-order valence-electron chi connectivity index (χ2n) is 4.02. The van der Waals surface area contributed by atoms with Gasteiger partial charge in [0.15, 0.2) is 5.75 Å². The number of halogens is 1. The lowest BCUT2D eigenvalue weighted by Crippen LogP contribution is -2.11. The normalized spacial score (nSPS) is 12.4. The monoisotopic (exact) mass is 285 g/mol. The van der Waals surface area contributed by atoms with Crippen LogP contribution >= 0.6 is 15.9 Å². The molecular weight excluding hydrogens is 266 g/mol. The Kier molecular flexibility index (Phi) is 6.46. The minimum absolute atomic E-state index is 0.659. The fourth-order valence-corrected chi connectivity index (χ4v) is 1.95. The highest BCUT2D eigenvalue weighted by molar-refractivity contribution is 9.10. The summed E-state index contributed by atoms with van der Waals surface area (Å²) in [6.07, 6.45) is 6.73. The van der Waals surface area contributed by atoms with Gasteiger partial charge in [0.1, 0.15) is 4.60 Å². The van der Waals surface area contributed by atoms with Crippen LogP contribution in [-0.4, -0.2) is 11.6 Å². The van der Waals surface area contributed by atoms with E-state index in [4.69, 9.17) is 4.74 Å². The lowest BCUT2D eigenvalue weighted by atomic mass is 10.0. The van der Waals surface area contributed by atoms with E-state index in [0.29, 0.717) is 5.92 Å². The molecule has 0 aliphatic rings. The standard InChI is InChI=1S/C13H20BrNO/c1-3-5-7-11(4-2)10-16-12-8-6-9-15-13(12)14/h6,8-9,11H,3-5,7,10H2,1-2H3. The Labute approximate surface area is 107 Å². The topological polar surface area (TPSA) is 22.1 Å². The predicted molar refractivity (Wildman–Crippen MR) is 70.7 cm³/mol. The van der Waals surface area contributed by atoms with Crippen LogP contribution in [0.2, 0.25) is 0 Å². The van der Waals surface area contributed by atoms with Crippen molar-refractivity contribution >= 4 is 15.9 Å². The lowest BCUT2D eigenvalue weighted by molar-refractivity contribution is 0.231. The van der Waals surface area contributed by atoms with Crippen LogP contribution in [0.5, 0.6) is 5.75 Å². The summed E-state index contributed by atoms with van der Waals surface area (Å²) in [7, 11) is 0. The van der Waals surface area contributed by atoms with Gasteiger partial charge in [-0.15, -0.1) is 0 Å². The summed E-state index contributed by atoms with van der Waals surface area (Å²) >= 11 is 3.38. The molecule has 1 aromatic rings. The molecule has 0 aromatic carbocycles. The second kappa shape index (κ2) is 7.66. The van der Waals surface area contributed by atoms with Gasteiger partial charge in [-0.2, -0.15) is 0 Å². The fraction of sp³-hybridized carbons (Fsp3) is 0.615. The van der Waals surface area contributed by atoms with Crippen LogP contribution < -0.4 is 4.74 Å². The Hall–Kier alpha value is -0.570. The van der Waals surface area contributed by atoms with Crippen molar-refractivity contribution in [3.63, 3.8) is 0 Å². The van der Waals surface area contributed by atoms with E-state index in [0.717, 1.165) is 17.0 Å². The molecule has 3 heteroatoms. The first kappa shape index (κ1) is 13.5. The molecule has 1 rings (SSSR count). The SMILES string of the molecule is CCCCC(CC)COc1cccnc1Br. The van der Waals surface area contributed by atoms with Gasteiger partial charge in [-0.1, -0.05) is 33.1 Å². The third-order valence-electron chi connectivity index (χ3n) is 2.74.